The Bertz CT molecular complexity index is 757. The molecule has 2 aliphatic rings. The van der Waals surface area contributed by atoms with Crippen LogP contribution >= 0.6 is 22.9 Å². The van der Waals surface area contributed by atoms with Crippen molar-refractivity contribution in [2.45, 2.75) is 25.3 Å². The predicted molar refractivity (Wildman–Crippen MR) is 104 cm³/mol. The molecule has 2 atom stereocenters. The topological polar surface area (TPSA) is 42.8 Å². The maximum absolute atomic E-state index is 12.4. The summed E-state index contributed by atoms with van der Waals surface area (Å²) >= 11 is 7.73. The van der Waals surface area contributed by atoms with E-state index >= 15 is 0 Å². The van der Waals surface area contributed by atoms with Gasteiger partial charge in [-0.2, -0.15) is 0 Å². The quantitative estimate of drug-likeness (QED) is 0.712. The molecule has 1 aromatic carbocycles. The smallest absolute Gasteiger partial charge is 0.275 e. The van der Waals surface area contributed by atoms with E-state index in [2.05, 4.69) is 16.8 Å². The molecule has 1 amide bonds. The molecule has 0 bridgehead atoms. The van der Waals surface area contributed by atoms with Crippen LogP contribution in [0.25, 0.3) is 0 Å². The van der Waals surface area contributed by atoms with E-state index in [4.69, 9.17) is 16.3 Å². The highest BCUT2D eigenvalue weighted by molar-refractivity contribution is 7.10. The van der Waals surface area contributed by atoms with Crippen molar-refractivity contribution < 1.29 is 14.4 Å². The van der Waals surface area contributed by atoms with E-state index in [1.165, 1.54) is 28.2 Å². The SMILES string of the molecule is O=C(C[NH+]1CCc2sccc2[C@H]1C1CC1)NCCOc1ccc(Cl)cc1. The van der Waals surface area contributed by atoms with Gasteiger partial charge in [-0.1, -0.05) is 11.6 Å². The first kappa shape index (κ1) is 17.8. The lowest BCUT2D eigenvalue weighted by Gasteiger charge is -2.32. The fraction of sp³-hybridized carbons (Fsp3) is 0.450. The molecule has 2 aromatic rings. The van der Waals surface area contributed by atoms with E-state index in [0.29, 0.717) is 30.8 Å². The van der Waals surface area contributed by atoms with Crippen molar-refractivity contribution in [3.8, 4) is 5.75 Å². The number of benzene rings is 1. The number of nitrogens with one attached hydrogen (secondary N) is 2. The molecule has 0 radical (unpaired) electrons. The van der Waals surface area contributed by atoms with Crippen LogP contribution in [0.3, 0.4) is 0 Å². The van der Waals surface area contributed by atoms with E-state index in [9.17, 15) is 4.79 Å². The molecule has 1 saturated carbocycles. The van der Waals surface area contributed by atoms with Gasteiger partial charge in [0.1, 0.15) is 18.4 Å². The van der Waals surface area contributed by atoms with Crippen LogP contribution in [0.1, 0.15) is 29.3 Å². The zero-order chi connectivity index (χ0) is 17.9. The Kier molecular flexibility index (Phi) is 5.48. The van der Waals surface area contributed by atoms with Crippen molar-refractivity contribution in [2.75, 3.05) is 26.2 Å². The molecule has 2 N–H and O–H groups in total. The van der Waals surface area contributed by atoms with E-state index in [1.54, 1.807) is 12.1 Å². The van der Waals surface area contributed by atoms with Crippen molar-refractivity contribution in [2.24, 2.45) is 5.92 Å². The second-order valence-electron chi connectivity index (χ2n) is 7.10. The van der Waals surface area contributed by atoms with Crippen LogP contribution in [0.5, 0.6) is 5.75 Å². The second kappa shape index (κ2) is 7.99. The zero-order valence-corrected chi connectivity index (χ0v) is 16.2. The monoisotopic (exact) mass is 391 g/mol. The van der Waals surface area contributed by atoms with Gasteiger partial charge in [-0.25, -0.2) is 0 Å². The van der Waals surface area contributed by atoms with Crippen molar-refractivity contribution in [3.63, 3.8) is 0 Å². The average molecular weight is 392 g/mol. The molecule has 1 fully saturated rings. The zero-order valence-electron chi connectivity index (χ0n) is 14.7. The van der Waals surface area contributed by atoms with Crippen LogP contribution < -0.4 is 15.0 Å². The van der Waals surface area contributed by atoms with Crippen molar-refractivity contribution in [3.05, 3.63) is 51.2 Å². The molecule has 0 spiro atoms. The average Bonchev–Trinajstić information content (AvgIpc) is 3.36. The first-order valence-corrected chi connectivity index (χ1v) is 10.5. The number of hydrogen-bond acceptors (Lipinski definition) is 3. The summed E-state index contributed by atoms with van der Waals surface area (Å²) in [5.41, 5.74) is 1.50. The Labute approximate surface area is 163 Å². The molecule has 1 aliphatic heterocycles. The molecule has 1 aromatic heterocycles. The summed E-state index contributed by atoms with van der Waals surface area (Å²) in [6, 6.07) is 10.1. The largest absolute Gasteiger partial charge is 0.492 e. The lowest BCUT2D eigenvalue weighted by atomic mass is 9.96. The molecule has 4 nitrogen and oxygen atoms in total. The van der Waals surface area contributed by atoms with Crippen LogP contribution in [0.15, 0.2) is 35.7 Å². The van der Waals surface area contributed by atoms with Gasteiger partial charge in [0.05, 0.1) is 13.1 Å². The Morgan fingerprint density at radius 2 is 2.08 bits per heavy atom. The summed E-state index contributed by atoms with van der Waals surface area (Å²) in [5, 5.41) is 5.90. The molecule has 2 heterocycles. The number of ether oxygens (including phenoxy) is 1. The van der Waals surface area contributed by atoms with Gasteiger partial charge in [-0.3, -0.25) is 4.79 Å². The van der Waals surface area contributed by atoms with Crippen molar-refractivity contribution in [1.82, 2.24) is 5.32 Å². The number of halogens is 1. The molecule has 0 saturated heterocycles. The molecular formula is C20H24ClN2O2S+. The van der Waals surface area contributed by atoms with Crippen LogP contribution in [0.2, 0.25) is 5.02 Å². The summed E-state index contributed by atoms with van der Waals surface area (Å²) < 4.78 is 5.63. The Morgan fingerprint density at radius 3 is 2.85 bits per heavy atom. The molecule has 6 heteroatoms. The van der Waals surface area contributed by atoms with Gasteiger partial charge in [0, 0.05) is 27.8 Å². The Balaban J connectivity index is 1.25. The Morgan fingerprint density at radius 1 is 1.27 bits per heavy atom. The number of fused-ring (bicyclic) bond motifs is 1. The first-order valence-electron chi connectivity index (χ1n) is 9.26. The number of carbonyl (C=O) groups excluding carboxylic acids is 1. The molecule has 1 aliphatic carbocycles. The number of rotatable bonds is 7. The van der Waals surface area contributed by atoms with Crippen molar-refractivity contribution >= 4 is 28.8 Å². The van der Waals surface area contributed by atoms with Crippen LogP contribution in [0.4, 0.5) is 0 Å². The molecule has 138 valence electrons. The standard InChI is InChI=1S/C20H23ClN2O2S/c21-15-3-5-16(6-4-15)25-11-9-22-19(24)13-23-10-7-18-17(8-12-26-18)20(23)14-1-2-14/h3-6,8,12,14,20H,1-2,7,9-11,13H2,(H,22,24)/p+1/t20-/m1/s1. The molecule has 26 heavy (non-hydrogen) atoms. The molecule has 1 unspecified atom stereocenters. The lowest BCUT2D eigenvalue weighted by Crippen LogP contribution is -3.14. The van der Waals surface area contributed by atoms with Gasteiger partial charge in [0.15, 0.2) is 6.54 Å². The highest BCUT2D eigenvalue weighted by Gasteiger charge is 2.43. The highest BCUT2D eigenvalue weighted by Crippen LogP contribution is 2.42. The summed E-state index contributed by atoms with van der Waals surface area (Å²) in [7, 11) is 0. The van der Waals surface area contributed by atoms with Gasteiger partial charge in [0.2, 0.25) is 0 Å². The minimum Gasteiger partial charge on any atom is -0.492 e. The fourth-order valence-electron chi connectivity index (χ4n) is 3.85. The third-order valence-corrected chi connectivity index (χ3v) is 6.46. The summed E-state index contributed by atoms with van der Waals surface area (Å²) in [6.45, 7) is 2.59. The van der Waals surface area contributed by atoms with E-state index in [-0.39, 0.29) is 5.91 Å². The normalized spacial score (nSPS) is 21.9. The third-order valence-electron chi connectivity index (χ3n) is 5.22. The first-order chi connectivity index (χ1) is 12.7. The fourth-order valence-corrected chi connectivity index (χ4v) is 4.91. The lowest BCUT2D eigenvalue weighted by molar-refractivity contribution is -0.928. The number of quaternary nitrogens is 1. The second-order valence-corrected chi connectivity index (χ2v) is 8.54. The van der Waals surface area contributed by atoms with Crippen molar-refractivity contribution in [1.29, 1.82) is 0 Å². The van der Waals surface area contributed by atoms with Crippen LogP contribution in [0, 0.1) is 5.92 Å². The van der Waals surface area contributed by atoms with Gasteiger partial charge in [0.25, 0.3) is 5.91 Å². The Hall–Kier alpha value is -1.56. The summed E-state index contributed by atoms with van der Waals surface area (Å²) in [6.07, 6.45) is 3.71. The third kappa shape index (κ3) is 4.22. The van der Waals surface area contributed by atoms with Gasteiger partial charge in [-0.05, 0) is 48.6 Å². The number of thiophene rings is 1. The minimum absolute atomic E-state index is 0.115. The number of amides is 1. The minimum atomic E-state index is 0.115. The summed E-state index contributed by atoms with van der Waals surface area (Å²) in [4.78, 5) is 15.4. The summed E-state index contributed by atoms with van der Waals surface area (Å²) in [5.74, 6) is 1.65. The maximum atomic E-state index is 12.4. The molecule has 4 rings (SSSR count). The number of carbonyl (C=O) groups is 1. The predicted octanol–water partition coefficient (Wildman–Crippen LogP) is 2.49. The van der Waals surface area contributed by atoms with Gasteiger partial charge >= 0.3 is 0 Å². The maximum Gasteiger partial charge on any atom is 0.275 e. The number of hydrogen-bond donors (Lipinski definition) is 2. The van der Waals surface area contributed by atoms with E-state index in [1.807, 2.05) is 23.5 Å². The van der Waals surface area contributed by atoms with Gasteiger partial charge in [-0.15, -0.1) is 11.3 Å². The van der Waals surface area contributed by atoms with E-state index in [0.717, 1.165) is 24.6 Å². The highest BCUT2D eigenvalue weighted by atomic mass is 35.5. The van der Waals surface area contributed by atoms with Crippen LogP contribution in [-0.2, 0) is 11.2 Å². The molecular weight excluding hydrogens is 368 g/mol. The van der Waals surface area contributed by atoms with Gasteiger partial charge < -0.3 is 15.0 Å². The van der Waals surface area contributed by atoms with Crippen LogP contribution in [-0.4, -0.2) is 32.1 Å². The van der Waals surface area contributed by atoms with E-state index < -0.39 is 0 Å².